The van der Waals surface area contributed by atoms with E-state index in [1.54, 1.807) is 6.07 Å². The van der Waals surface area contributed by atoms with Gasteiger partial charge in [0.25, 0.3) is 0 Å². The number of hydrogen-bond donors (Lipinski definition) is 1. The van der Waals surface area contributed by atoms with Crippen LogP contribution in [0.1, 0.15) is 30.4 Å². The lowest BCUT2D eigenvalue weighted by Gasteiger charge is -2.30. The molecule has 1 unspecified atom stereocenters. The first-order valence-corrected chi connectivity index (χ1v) is 5.20. The molecule has 0 aliphatic heterocycles. The van der Waals surface area contributed by atoms with Crippen molar-refractivity contribution in [3.63, 3.8) is 0 Å². The molecule has 74 valence electrons. The van der Waals surface area contributed by atoms with Crippen LogP contribution >= 0.6 is 0 Å². The fourth-order valence-electron chi connectivity index (χ4n) is 2.79. The molecule has 1 atom stereocenters. The number of benzene rings is 1. The highest BCUT2D eigenvalue weighted by molar-refractivity contribution is 5.43. The van der Waals surface area contributed by atoms with Crippen molar-refractivity contribution in [2.75, 3.05) is 0 Å². The van der Waals surface area contributed by atoms with Crippen molar-refractivity contribution in [3.8, 4) is 0 Å². The van der Waals surface area contributed by atoms with Crippen LogP contribution in [-0.2, 0) is 11.8 Å². The average molecular weight is 192 g/mol. The van der Waals surface area contributed by atoms with Crippen LogP contribution in [0.25, 0.3) is 0 Å². The summed E-state index contributed by atoms with van der Waals surface area (Å²) in [4.78, 5) is 0. The normalized spacial score (nSPS) is 27.4. The fraction of sp³-hybridized carbons (Fsp3) is 0.500. The first-order valence-electron chi connectivity index (χ1n) is 5.20. The summed E-state index contributed by atoms with van der Waals surface area (Å²) in [6.07, 6.45) is 3.17. The Morgan fingerprint density at radius 3 is 2.86 bits per heavy atom. The number of rotatable bonds is 0. The maximum atomic E-state index is 13.7. The molecule has 1 N–H and O–H groups in total. The van der Waals surface area contributed by atoms with Crippen LogP contribution < -0.4 is 0 Å². The molecular weight excluding hydrogens is 179 g/mol. The van der Waals surface area contributed by atoms with E-state index >= 15 is 0 Å². The molecule has 1 nitrogen and oxygen atoms in total. The monoisotopic (exact) mass is 192 g/mol. The number of aliphatic hydroxyl groups is 1. The van der Waals surface area contributed by atoms with E-state index < -0.39 is 0 Å². The maximum Gasteiger partial charge on any atom is 0.127 e. The average Bonchev–Trinajstić information content (AvgIpc) is 2.94. The standard InChI is InChI=1S/C12H13FO/c13-9-3-1-2-8-4-5-10(14)12(6-7-12)11(8)9/h1-3,10,14H,4-7H2. The molecule has 2 heteroatoms. The van der Waals surface area contributed by atoms with Crippen LogP contribution in [0.4, 0.5) is 4.39 Å². The van der Waals surface area contributed by atoms with Gasteiger partial charge >= 0.3 is 0 Å². The molecule has 0 heterocycles. The van der Waals surface area contributed by atoms with Crippen molar-refractivity contribution in [1.29, 1.82) is 0 Å². The van der Waals surface area contributed by atoms with E-state index in [-0.39, 0.29) is 17.3 Å². The minimum atomic E-state index is -0.327. The molecule has 3 rings (SSSR count). The van der Waals surface area contributed by atoms with Gasteiger partial charge in [0.15, 0.2) is 0 Å². The number of hydrogen-bond acceptors (Lipinski definition) is 1. The summed E-state index contributed by atoms with van der Waals surface area (Å²) in [6.45, 7) is 0. The summed E-state index contributed by atoms with van der Waals surface area (Å²) < 4.78 is 13.7. The van der Waals surface area contributed by atoms with E-state index in [2.05, 4.69) is 0 Å². The fourth-order valence-corrected chi connectivity index (χ4v) is 2.79. The van der Waals surface area contributed by atoms with Gasteiger partial charge in [-0.25, -0.2) is 4.39 Å². The molecule has 2 aliphatic rings. The Bertz CT molecular complexity index is 382. The first-order chi connectivity index (χ1) is 6.74. The Hall–Kier alpha value is -0.890. The highest BCUT2D eigenvalue weighted by Crippen LogP contribution is 2.56. The number of halogens is 1. The summed E-state index contributed by atoms with van der Waals surface area (Å²) >= 11 is 0. The Kier molecular flexibility index (Phi) is 1.55. The molecule has 1 fully saturated rings. The van der Waals surface area contributed by atoms with Gasteiger partial charge in [-0.2, -0.15) is 0 Å². The molecule has 1 aromatic carbocycles. The Morgan fingerprint density at radius 2 is 2.14 bits per heavy atom. The summed E-state index contributed by atoms with van der Waals surface area (Å²) in [6, 6.07) is 5.27. The minimum Gasteiger partial charge on any atom is -0.392 e. The SMILES string of the molecule is OC1CCc2cccc(F)c2C12CC2. The van der Waals surface area contributed by atoms with E-state index in [1.807, 2.05) is 6.07 Å². The Labute approximate surface area is 82.6 Å². The lowest BCUT2D eigenvalue weighted by atomic mass is 9.78. The third-order valence-corrected chi connectivity index (χ3v) is 3.71. The van der Waals surface area contributed by atoms with E-state index in [1.165, 1.54) is 6.07 Å². The highest BCUT2D eigenvalue weighted by Gasteiger charge is 2.54. The largest absolute Gasteiger partial charge is 0.392 e. The Morgan fingerprint density at radius 1 is 1.36 bits per heavy atom. The number of fused-ring (bicyclic) bond motifs is 2. The Balaban J connectivity index is 2.21. The summed E-state index contributed by atoms with van der Waals surface area (Å²) in [5, 5.41) is 9.90. The van der Waals surface area contributed by atoms with Crippen LogP contribution in [0.5, 0.6) is 0 Å². The second-order valence-electron chi connectivity index (χ2n) is 4.48. The second kappa shape index (κ2) is 2.57. The smallest absolute Gasteiger partial charge is 0.127 e. The predicted octanol–water partition coefficient (Wildman–Crippen LogP) is 2.16. The van der Waals surface area contributed by atoms with Crippen LogP contribution in [-0.4, -0.2) is 11.2 Å². The van der Waals surface area contributed by atoms with Crippen LogP contribution in [0, 0.1) is 5.82 Å². The predicted molar refractivity (Wildman–Crippen MR) is 51.6 cm³/mol. The third-order valence-electron chi connectivity index (χ3n) is 3.71. The van der Waals surface area contributed by atoms with Crippen molar-refractivity contribution >= 4 is 0 Å². The van der Waals surface area contributed by atoms with Gasteiger partial charge in [0.1, 0.15) is 5.82 Å². The molecule has 0 aromatic heterocycles. The molecule has 0 bridgehead atoms. The van der Waals surface area contributed by atoms with Gasteiger partial charge < -0.3 is 5.11 Å². The summed E-state index contributed by atoms with van der Waals surface area (Å²) in [5.74, 6) is -0.126. The van der Waals surface area contributed by atoms with Gasteiger partial charge in [-0.15, -0.1) is 0 Å². The zero-order valence-corrected chi connectivity index (χ0v) is 7.96. The van der Waals surface area contributed by atoms with Crippen molar-refractivity contribution < 1.29 is 9.50 Å². The lowest BCUT2D eigenvalue weighted by molar-refractivity contribution is 0.112. The lowest BCUT2D eigenvalue weighted by Crippen LogP contribution is -2.32. The van der Waals surface area contributed by atoms with Gasteiger partial charge in [-0.3, -0.25) is 0 Å². The zero-order chi connectivity index (χ0) is 9.76. The molecule has 1 aromatic rings. The quantitative estimate of drug-likeness (QED) is 0.668. The molecule has 0 amide bonds. The van der Waals surface area contributed by atoms with Gasteiger partial charge in [0.05, 0.1) is 6.10 Å². The van der Waals surface area contributed by atoms with Crippen molar-refractivity contribution in [3.05, 3.63) is 35.1 Å². The van der Waals surface area contributed by atoms with Crippen molar-refractivity contribution in [2.45, 2.75) is 37.2 Å². The highest BCUT2D eigenvalue weighted by atomic mass is 19.1. The van der Waals surface area contributed by atoms with Gasteiger partial charge in [-0.1, -0.05) is 12.1 Å². The van der Waals surface area contributed by atoms with E-state index in [0.717, 1.165) is 36.8 Å². The van der Waals surface area contributed by atoms with Gasteiger partial charge in [0.2, 0.25) is 0 Å². The van der Waals surface area contributed by atoms with E-state index in [4.69, 9.17) is 0 Å². The molecule has 14 heavy (non-hydrogen) atoms. The maximum absolute atomic E-state index is 13.7. The summed E-state index contributed by atoms with van der Waals surface area (Å²) in [7, 11) is 0. The van der Waals surface area contributed by atoms with Gasteiger partial charge in [0, 0.05) is 5.41 Å². The zero-order valence-electron chi connectivity index (χ0n) is 7.96. The molecule has 1 spiro atoms. The first kappa shape index (κ1) is 8.42. The molecule has 2 aliphatic carbocycles. The molecule has 0 radical (unpaired) electrons. The summed E-state index contributed by atoms with van der Waals surface area (Å²) in [5.41, 5.74) is 1.70. The molecule has 1 saturated carbocycles. The topological polar surface area (TPSA) is 20.2 Å². The van der Waals surface area contributed by atoms with Crippen LogP contribution in [0.3, 0.4) is 0 Å². The second-order valence-corrected chi connectivity index (χ2v) is 4.48. The number of aryl methyl sites for hydroxylation is 1. The minimum absolute atomic E-state index is 0.126. The molecular formula is C12H13FO. The molecule has 0 saturated heterocycles. The van der Waals surface area contributed by atoms with Crippen LogP contribution in [0.2, 0.25) is 0 Å². The van der Waals surface area contributed by atoms with Crippen LogP contribution in [0.15, 0.2) is 18.2 Å². The van der Waals surface area contributed by atoms with Crippen molar-refractivity contribution in [1.82, 2.24) is 0 Å². The number of aliphatic hydroxyl groups excluding tert-OH is 1. The third kappa shape index (κ3) is 0.921. The van der Waals surface area contributed by atoms with E-state index in [9.17, 15) is 9.50 Å². The van der Waals surface area contributed by atoms with E-state index in [0.29, 0.717) is 0 Å². The van der Waals surface area contributed by atoms with Crippen molar-refractivity contribution in [2.24, 2.45) is 0 Å². The van der Waals surface area contributed by atoms with Gasteiger partial charge in [-0.05, 0) is 42.9 Å².